The summed E-state index contributed by atoms with van der Waals surface area (Å²) < 4.78 is 0. The highest BCUT2D eigenvalue weighted by atomic mass is 35.5. The molecule has 1 saturated heterocycles. The summed E-state index contributed by atoms with van der Waals surface area (Å²) in [4.78, 5) is 2.34. The Morgan fingerprint density at radius 1 is 1.12 bits per heavy atom. The molecule has 3 heteroatoms. The number of halogens is 1. The molecular formula is C13H19ClN2. The average Bonchev–Trinajstić information content (AvgIpc) is 2.30. The molecule has 2 rings (SSSR count). The summed E-state index contributed by atoms with van der Waals surface area (Å²) in [5, 5.41) is 4.23. The zero-order valence-corrected chi connectivity index (χ0v) is 10.7. The van der Waals surface area contributed by atoms with Crippen LogP contribution >= 0.6 is 11.6 Å². The smallest absolute Gasteiger partial charge is 0.0478 e. The van der Waals surface area contributed by atoms with Gasteiger partial charge in [-0.1, -0.05) is 23.7 Å². The lowest BCUT2D eigenvalue weighted by Gasteiger charge is -2.43. The number of nitrogens with zero attached hydrogens (tertiary/aromatic N) is 1. The molecule has 0 saturated carbocycles. The minimum absolute atomic E-state index is 0.176. The highest BCUT2D eigenvalue weighted by Gasteiger charge is 2.35. The van der Waals surface area contributed by atoms with Crippen molar-refractivity contribution in [1.29, 1.82) is 0 Å². The summed E-state index contributed by atoms with van der Waals surface area (Å²) in [6.07, 6.45) is 2.31. The van der Waals surface area contributed by atoms with Gasteiger partial charge < -0.3 is 5.32 Å². The molecule has 2 nitrogen and oxygen atoms in total. The molecule has 16 heavy (non-hydrogen) atoms. The molecule has 1 N–H and O–H groups in total. The third-order valence-corrected chi connectivity index (χ3v) is 3.92. The van der Waals surface area contributed by atoms with E-state index in [0.717, 1.165) is 31.0 Å². The van der Waals surface area contributed by atoms with Crippen molar-refractivity contribution >= 4 is 11.6 Å². The van der Waals surface area contributed by atoms with Crippen LogP contribution in [-0.2, 0) is 5.54 Å². The Bertz CT molecular complexity index is 339. The van der Waals surface area contributed by atoms with Crippen LogP contribution in [0, 0.1) is 0 Å². The second kappa shape index (κ2) is 4.74. The van der Waals surface area contributed by atoms with E-state index in [9.17, 15) is 0 Å². The molecule has 1 aliphatic heterocycles. The minimum Gasteiger partial charge on any atom is -0.317 e. The van der Waals surface area contributed by atoms with Gasteiger partial charge in [-0.3, -0.25) is 4.90 Å². The van der Waals surface area contributed by atoms with Gasteiger partial charge in [0, 0.05) is 10.6 Å². The molecule has 0 aliphatic carbocycles. The molecular weight excluding hydrogens is 220 g/mol. The topological polar surface area (TPSA) is 15.3 Å². The first-order valence-electron chi connectivity index (χ1n) is 5.79. The molecule has 0 unspecified atom stereocenters. The molecule has 1 aliphatic rings. The normalized spacial score (nSPS) is 20.0. The van der Waals surface area contributed by atoms with Crippen molar-refractivity contribution in [2.24, 2.45) is 0 Å². The third-order valence-electron chi connectivity index (χ3n) is 3.67. The largest absolute Gasteiger partial charge is 0.317 e. The van der Waals surface area contributed by atoms with Crippen LogP contribution in [-0.4, -0.2) is 32.1 Å². The molecule has 0 spiro atoms. The fraction of sp³-hybridized carbons (Fsp3) is 0.538. The first-order valence-corrected chi connectivity index (χ1v) is 6.17. The van der Waals surface area contributed by atoms with Crippen LogP contribution in [0.3, 0.4) is 0 Å². The summed E-state index contributed by atoms with van der Waals surface area (Å²) >= 11 is 5.95. The first kappa shape index (κ1) is 11.9. The molecule has 0 amide bonds. The Labute approximate surface area is 103 Å². The zero-order chi connectivity index (χ0) is 11.6. The fourth-order valence-corrected chi connectivity index (χ4v) is 2.72. The van der Waals surface area contributed by atoms with Gasteiger partial charge >= 0.3 is 0 Å². The quantitative estimate of drug-likeness (QED) is 0.852. The standard InChI is InChI=1S/C13H19ClN2/c1-16(2)13(7-9-15-10-8-13)11-3-5-12(14)6-4-11/h3-6,15H,7-10H2,1-2H3. The van der Waals surface area contributed by atoms with Crippen LogP contribution in [0.2, 0.25) is 5.02 Å². The van der Waals surface area contributed by atoms with Crippen LogP contribution in [0.25, 0.3) is 0 Å². The molecule has 0 bridgehead atoms. The molecule has 0 atom stereocenters. The van der Waals surface area contributed by atoms with Crippen molar-refractivity contribution in [3.8, 4) is 0 Å². The SMILES string of the molecule is CN(C)C1(c2ccc(Cl)cc2)CCNCC1. The maximum Gasteiger partial charge on any atom is 0.0478 e. The van der Waals surface area contributed by atoms with E-state index in [0.29, 0.717) is 0 Å². The van der Waals surface area contributed by atoms with Crippen molar-refractivity contribution < 1.29 is 0 Å². The van der Waals surface area contributed by atoms with Crippen LogP contribution in [0.5, 0.6) is 0 Å². The predicted molar refractivity (Wildman–Crippen MR) is 68.9 cm³/mol. The molecule has 1 aromatic carbocycles. The summed E-state index contributed by atoms with van der Waals surface area (Å²) in [7, 11) is 4.33. The van der Waals surface area contributed by atoms with Crippen molar-refractivity contribution in [3.05, 3.63) is 34.9 Å². The van der Waals surface area contributed by atoms with E-state index in [1.807, 2.05) is 12.1 Å². The zero-order valence-electron chi connectivity index (χ0n) is 9.96. The highest BCUT2D eigenvalue weighted by Crippen LogP contribution is 2.35. The van der Waals surface area contributed by atoms with Crippen LogP contribution in [0.4, 0.5) is 0 Å². The van der Waals surface area contributed by atoms with Crippen molar-refractivity contribution in [2.75, 3.05) is 27.2 Å². The molecule has 1 heterocycles. The number of benzene rings is 1. The van der Waals surface area contributed by atoms with E-state index < -0.39 is 0 Å². The molecule has 0 radical (unpaired) electrons. The summed E-state index contributed by atoms with van der Waals surface area (Å²) in [5.41, 5.74) is 1.55. The lowest BCUT2D eigenvalue weighted by atomic mass is 9.80. The summed E-state index contributed by atoms with van der Waals surface area (Å²) in [5.74, 6) is 0. The van der Waals surface area contributed by atoms with E-state index in [1.165, 1.54) is 5.56 Å². The molecule has 88 valence electrons. The van der Waals surface area contributed by atoms with Gasteiger partial charge in [-0.2, -0.15) is 0 Å². The number of piperidine rings is 1. The predicted octanol–water partition coefficient (Wildman–Crippen LogP) is 2.48. The summed E-state index contributed by atoms with van der Waals surface area (Å²) in [6, 6.07) is 8.30. The second-order valence-corrected chi connectivity index (χ2v) is 5.12. The lowest BCUT2D eigenvalue weighted by molar-refractivity contribution is 0.107. The van der Waals surface area contributed by atoms with Gasteiger partial charge in [0.05, 0.1) is 0 Å². The van der Waals surface area contributed by atoms with E-state index in [1.54, 1.807) is 0 Å². The monoisotopic (exact) mass is 238 g/mol. The number of nitrogens with one attached hydrogen (secondary N) is 1. The Morgan fingerprint density at radius 3 is 2.19 bits per heavy atom. The van der Waals surface area contributed by atoms with E-state index in [4.69, 9.17) is 11.6 Å². The van der Waals surface area contributed by atoms with Crippen molar-refractivity contribution in [3.63, 3.8) is 0 Å². The van der Waals surface area contributed by atoms with Crippen LogP contribution < -0.4 is 5.32 Å². The average molecular weight is 239 g/mol. The van der Waals surface area contributed by atoms with Crippen LogP contribution in [0.15, 0.2) is 24.3 Å². The lowest BCUT2D eigenvalue weighted by Crippen LogP contribution is -2.49. The van der Waals surface area contributed by atoms with Gasteiger partial charge in [-0.05, 0) is 57.7 Å². The van der Waals surface area contributed by atoms with Crippen LogP contribution in [0.1, 0.15) is 18.4 Å². The molecule has 0 aromatic heterocycles. The van der Waals surface area contributed by atoms with Gasteiger partial charge in [-0.25, -0.2) is 0 Å². The van der Waals surface area contributed by atoms with Gasteiger partial charge in [0.2, 0.25) is 0 Å². The minimum atomic E-state index is 0.176. The Hall–Kier alpha value is -0.570. The van der Waals surface area contributed by atoms with Crippen molar-refractivity contribution in [2.45, 2.75) is 18.4 Å². The first-order chi connectivity index (χ1) is 7.65. The fourth-order valence-electron chi connectivity index (χ4n) is 2.59. The van der Waals surface area contributed by atoms with Gasteiger partial charge in [0.15, 0.2) is 0 Å². The number of rotatable bonds is 2. The number of hydrogen-bond donors (Lipinski definition) is 1. The molecule has 1 fully saturated rings. The Balaban J connectivity index is 2.34. The Morgan fingerprint density at radius 2 is 1.69 bits per heavy atom. The molecule has 1 aromatic rings. The summed E-state index contributed by atoms with van der Waals surface area (Å²) in [6.45, 7) is 2.17. The van der Waals surface area contributed by atoms with E-state index in [2.05, 4.69) is 36.4 Å². The van der Waals surface area contributed by atoms with Gasteiger partial charge in [0.1, 0.15) is 0 Å². The highest BCUT2D eigenvalue weighted by molar-refractivity contribution is 6.30. The maximum atomic E-state index is 5.95. The maximum absolute atomic E-state index is 5.95. The Kier molecular flexibility index (Phi) is 3.53. The van der Waals surface area contributed by atoms with Gasteiger partial charge in [-0.15, -0.1) is 0 Å². The van der Waals surface area contributed by atoms with Gasteiger partial charge in [0.25, 0.3) is 0 Å². The van der Waals surface area contributed by atoms with Crippen molar-refractivity contribution in [1.82, 2.24) is 10.2 Å². The third kappa shape index (κ3) is 2.10. The second-order valence-electron chi connectivity index (χ2n) is 4.68. The number of hydrogen-bond acceptors (Lipinski definition) is 2. The van der Waals surface area contributed by atoms with E-state index >= 15 is 0 Å². The van der Waals surface area contributed by atoms with E-state index in [-0.39, 0.29) is 5.54 Å².